The van der Waals surface area contributed by atoms with E-state index in [1.807, 2.05) is 37.3 Å². The van der Waals surface area contributed by atoms with Gasteiger partial charge in [0.2, 0.25) is 0 Å². The highest BCUT2D eigenvalue weighted by Crippen LogP contribution is 2.12. The van der Waals surface area contributed by atoms with E-state index in [9.17, 15) is 4.79 Å². The van der Waals surface area contributed by atoms with Gasteiger partial charge in [-0.15, -0.1) is 0 Å². The molecule has 0 heterocycles. The second-order valence-electron chi connectivity index (χ2n) is 4.51. The van der Waals surface area contributed by atoms with Crippen LogP contribution in [0.3, 0.4) is 0 Å². The highest BCUT2D eigenvalue weighted by Gasteiger charge is 2.07. The van der Waals surface area contributed by atoms with Gasteiger partial charge < -0.3 is 15.4 Å². The number of nitrogens with zero attached hydrogens (tertiary/aromatic N) is 1. The third-order valence-corrected chi connectivity index (χ3v) is 2.87. The average Bonchev–Trinajstić information content (AvgIpc) is 2.52. The van der Waals surface area contributed by atoms with E-state index in [2.05, 4.69) is 10.6 Å². The fourth-order valence-corrected chi connectivity index (χ4v) is 1.68. The topological polar surface area (TPSA) is 74.2 Å². The van der Waals surface area contributed by atoms with E-state index in [0.717, 1.165) is 24.2 Å². The van der Waals surface area contributed by atoms with Crippen molar-refractivity contribution in [3.05, 3.63) is 41.6 Å². The SMILES string of the molecule is CCCCNC(=O)/C(C#N)=C\NCc1cccc(OC)c1. The molecule has 21 heavy (non-hydrogen) atoms. The zero-order valence-corrected chi connectivity index (χ0v) is 12.5. The van der Waals surface area contributed by atoms with Gasteiger partial charge in [-0.25, -0.2) is 0 Å². The largest absolute Gasteiger partial charge is 0.497 e. The third kappa shape index (κ3) is 6.00. The number of carbonyl (C=O) groups excluding carboxylic acids is 1. The van der Waals surface area contributed by atoms with Crippen LogP contribution in [0.25, 0.3) is 0 Å². The maximum atomic E-state index is 11.7. The van der Waals surface area contributed by atoms with Crippen LogP contribution in [0.1, 0.15) is 25.3 Å². The Labute approximate surface area is 125 Å². The maximum Gasteiger partial charge on any atom is 0.263 e. The fraction of sp³-hybridized carbons (Fsp3) is 0.375. The van der Waals surface area contributed by atoms with E-state index in [0.29, 0.717) is 13.1 Å². The molecule has 0 aliphatic rings. The summed E-state index contributed by atoms with van der Waals surface area (Å²) in [6.07, 6.45) is 3.35. The number of ether oxygens (including phenoxy) is 1. The molecule has 1 aromatic rings. The molecule has 1 aromatic carbocycles. The van der Waals surface area contributed by atoms with Crippen LogP contribution in [0.2, 0.25) is 0 Å². The molecule has 1 amide bonds. The fourth-order valence-electron chi connectivity index (χ4n) is 1.68. The second-order valence-corrected chi connectivity index (χ2v) is 4.51. The van der Waals surface area contributed by atoms with Crippen LogP contribution in [0.4, 0.5) is 0 Å². The van der Waals surface area contributed by atoms with E-state index in [4.69, 9.17) is 10.00 Å². The summed E-state index contributed by atoms with van der Waals surface area (Å²) in [5.41, 5.74) is 1.09. The van der Waals surface area contributed by atoms with Crippen molar-refractivity contribution in [2.45, 2.75) is 26.3 Å². The number of unbranched alkanes of at least 4 members (excludes halogenated alkanes) is 1. The van der Waals surface area contributed by atoms with Gasteiger partial charge in [0.1, 0.15) is 17.4 Å². The molecule has 0 fully saturated rings. The number of amides is 1. The van der Waals surface area contributed by atoms with Gasteiger partial charge in [0, 0.05) is 19.3 Å². The Morgan fingerprint density at radius 2 is 2.29 bits per heavy atom. The highest BCUT2D eigenvalue weighted by atomic mass is 16.5. The van der Waals surface area contributed by atoms with E-state index < -0.39 is 0 Å². The molecule has 0 unspecified atom stereocenters. The first-order valence-electron chi connectivity index (χ1n) is 6.96. The smallest absolute Gasteiger partial charge is 0.263 e. The Bertz CT molecular complexity index is 533. The molecular formula is C16H21N3O2. The zero-order valence-electron chi connectivity index (χ0n) is 12.5. The van der Waals surface area contributed by atoms with Gasteiger partial charge in [0.15, 0.2) is 0 Å². The number of nitriles is 1. The molecule has 5 heteroatoms. The molecule has 5 nitrogen and oxygen atoms in total. The molecule has 0 spiro atoms. The van der Waals surface area contributed by atoms with Crippen LogP contribution in [0.5, 0.6) is 5.75 Å². The Morgan fingerprint density at radius 3 is 2.95 bits per heavy atom. The summed E-state index contributed by atoms with van der Waals surface area (Å²) < 4.78 is 5.14. The first kappa shape index (κ1) is 16.6. The molecule has 0 aliphatic carbocycles. The van der Waals surface area contributed by atoms with Gasteiger partial charge in [0.25, 0.3) is 5.91 Å². The summed E-state index contributed by atoms with van der Waals surface area (Å²) in [7, 11) is 1.61. The summed E-state index contributed by atoms with van der Waals surface area (Å²) in [6, 6.07) is 9.49. The summed E-state index contributed by atoms with van der Waals surface area (Å²) in [4.78, 5) is 11.7. The number of hydrogen-bond donors (Lipinski definition) is 2. The third-order valence-electron chi connectivity index (χ3n) is 2.87. The molecule has 0 aliphatic heterocycles. The predicted octanol–water partition coefficient (Wildman–Crippen LogP) is 2.11. The van der Waals surface area contributed by atoms with Crippen molar-refractivity contribution in [1.29, 1.82) is 5.26 Å². The van der Waals surface area contributed by atoms with Gasteiger partial charge in [-0.1, -0.05) is 25.5 Å². The first-order valence-corrected chi connectivity index (χ1v) is 6.96. The maximum absolute atomic E-state index is 11.7. The van der Waals surface area contributed by atoms with Crippen molar-refractivity contribution < 1.29 is 9.53 Å². The quantitative estimate of drug-likeness (QED) is 0.436. The lowest BCUT2D eigenvalue weighted by Gasteiger charge is -2.06. The Morgan fingerprint density at radius 1 is 1.48 bits per heavy atom. The molecule has 0 bridgehead atoms. The standard InChI is InChI=1S/C16H21N3O2/c1-3-4-8-19-16(20)14(10-17)12-18-11-13-6-5-7-15(9-13)21-2/h5-7,9,12,18H,3-4,8,11H2,1-2H3,(H,19,20)/b14-12-. The molecule has 2 N–H and O–H groups in total. The summed E-state index contributed by atoms with van der Waals surface area (Å²) in [5, 5.41) is 14.7. The Hall–Kier alpha value is -2.48. The van der Waals surface area contributed by atoms with Crippen LogP contribution in [-0.4, -0.2) is 19.6 Å². The molecule has 1 rings (SSSR count). The minimum atomic E-state index is -0.343. The molecule has 0 radical (unpaired) electrons. The number of methoxy groups -OCH3 is 1. The summed E-state index contributed by atoms with van der Waals surface area (Å²) >= 11 is 0. The van der Waals surface area contributed by atoms with Crippen LogP contribution in [0, 0.1) is 11.3 Å². The lowest BCUT2D eigenvalue weighted by Crippen LogP contribution is -2.26. The number of hydrogen-bond acceptors (Lipinski definition) is 4. The zero-order chi connectivity index (χ0) is 15.5. The Balaban J connectivity index is 2.52. The van der Waals surface area contributed by atoms with Gasteiger partial charge in [-0.05, 0) is 24.1 Å². The van der Waals surface area contributed by atoms with Crippen LogP contribution in [-0.2, 0) is 11.3 Å². The van der Waals surface area contributed by atoms with Gasteiger partial charge in [-0.3, -0.25) is 4.79 Å². The molecule has 0 atom stereocenters. The number of benzene rings is 1. The van der Waals surface area contributed by atoms with Crippen molar-refractivity contribution >= 4 is 5.91 Å². The second kappa shape index (κ2) is 9.43. The normalized spacial score (nSPS) is 10.6. The molecule has 0 saturated carbocycles. The number of rotatable bonds is 8. The van der Waals surface area contributed by atoms with Crippen molar-refractivity contribution in [1.82, 2.24) is 10.6 Å². The molecule has 0 saturated heterocycles. The van der Waals surface area contributed by atoms with E-state index in [1.54, 1.807) is 7.11 Å². The summed E-state index contributed by atoms with van der Waals surface area (Å²) in [6.45, 7) is 3.15. The lowest BCUT2D eigenvalue weighted by molar-refractivity contribution is -0.117. The van der Waals surface area contributed by atoms with Crippen molar-refractivity contribution in [3.8, 4) is 11.8 Å². The molecule has 112 valence electrons. The minimum Gasteiger partial charge on any atom is -0.497 e. The molecular weight excluding hydrogens is 266 g/mol. The van der Waals surface area contributed by atoms with Crippen molar-refractivity contribution in [2.75, 3.05) is 13.7 Å². The van der Waals surface area contributed by atoms with Gasteiger partial charge >= 0.3 is 0 Å². The van der Waals surface area contributed by atoms with Gasteiger partial charge in [-0.2, -0.15) is 5.26 Å². The van der Waals surface area contributed by atoms with E-state index >= 15 is 0 Å². The van der Waals surface area contributed by atoms with Gasteiger partial charge in [0.05, 0.1) is 7.11 Å². The van der Waals surface area contributed by atoms with Crippen molar-refractivity contribution in [2.24, 2.45) is 0 Å². The Kier molecular flexibility index (Phi) is 7.44. The van der Waals surface area contributed by atoms with Crippen LogP contribution in [0.15, 0.2) is 36.0 Å². The minimum absolute atomic E-state index is 0.0778. The summed E-state index contributed by atoms with van der Waals surface area (Å²) in [5.74, 6) is 0.431. The number of carbonyl (C=O) groups is 1. The highest BCUT2D eigenvalue weighted by molar-refractivity contribution is 5.97. The van der Waals surface area contributed by atoms with Crippen LogP contribution < -0.4 is 15.4 Å². The first-order chi connectivity index (χ1) is 10.2. The monoisotopic (exact) mass is 287 g/mol. The van der Waals surface area contributed by atoms with Crippen molar-refractivity contribution in [3.63, 3.8) is 0 Å². The van der Waals surface area contributed by atoms with E-state index in [-0.39, 0.29) is 11.5 Å². The average molecular weight is 287 g/mol. The van der Waals surface area contributed by atoms with Crippen LogP contribution >= 0.6 is 0 Å². The van der Waals surface area contributed by atoms with E-state index in [1.165, 1.54) is 6.20 Å². The number of nitrogens with one attached hydrogen (secondary N) is 2. The predicted molar refractivity (Wildman–Crippen MR) is 81.4 cm³/mol. The molecule has 0 aromatic heterocycles. The lowest BCUT2D eigenvalue weighted by atomic mass is 10.2.